The van der Waals surface area contributed by atoms with E-state index >= 15 is 0 Å². The van der Waals surface area contributed by atoms with Crippen LogP contribution in [0.25, 0.3) is 22.2 Å². The molecule has 44 heavy (non-hydrogen) atoms. The van der Waals surface area contributed by atoms with Crippen LogP contribution < -0.4 is 14.8 Å². The average molecular weight is 590 g/mol. The van der Waals surface area contributed by atoms with Crippen LogP contribution in [0.1, 0.15) is 39.4 Å². The lowest BCUT2D eigenvalue weighted by Gasteiger charge is -2.24. The third-order valence-corrected chi connectivity index (χ3v) is 7.85. The highest BCUT2D eigenvalue weighted by Crippen LogP contribution is 2.31. The van der Waals surface area contributed by atoms with Crippen molar-refractivity contribution >= 4 is 22.7 Å². The number of carbonyl (C=O) groups is 2. The van der Waals surface area contributed by atoms with Crippen LogP contribution in [0.3, 0.4) is 0 Å². The molecule has 0 saturated heterocycles. The van der Waals surface area contributed by atoms with Crippen molar-refractivity contribution in [3.8, 4) is 22.8 Å². The van der Waals surface area contributed by atoms with Gasteiger partial charge < -0.3 is 24.7 Å². The second-order valence-corrected chi connectivity index (χ2v) is 10.9. The molecular weight excluding hydrogens is 554 g/mol. The molecule has 2 aromatic heterocycles. The third-order valence-electron chi connectivity index (χ3n) is 7.85. The molecular formula is C35H35N5O4. The van der Waals surface area contributed by atoms with E-state index in [4.69, 9.17) is 9.47 Å². The first-order valence-electron chi connectivity index (χ1n) is 14.8. The second-order valence-electron chi connectivity index (χ2n) is 10.9. The number of aromatic amines is 1. The maximum absolute atomic E-state index is 14.0. The molecule has 3 aromatic carbocycles. The van der Waals surface area contributed by atoms with E-state index < -0.39 is 0 Å². The van der Waals surface area contributed by atoms with Gasteiger partial charge in [-0.3, -0.25) is 9.59 Å². The molecule has 0 aliphatic carbocycles. The zero-order valence-electron chi connectivity index (χ0n) is 24.9. The van der Waals surface area contributed by atoms with Crippen molar-refractivity contribution in [1.29, 1.82) is 0 Å². The molecule has 1 aliphatic heterocycles. The van der Waals surface area contributed by atoms with Gasteiger partial charge in [-0.2, -0.15) is 0 Å². The largest absolute Gasteiger partial charge is 0.493 e. The first-order chi connectivity index (χ1) is 21.5. The van der Waals surface area contributed by atoms with Crippen molar-refractivity contribution in [2.75, 3.05) is 33.4 Å². The SMILES string of the molecule is COc1ccc2cc1OCCCN(C(=O)c1cnc(C)nc1-c1ccccc1)CC(=O)NCCc1c([nH]c3ccccc13)C2. The van der Waals surface area contributed by atoms with Crippen LogP contribution >= 0.6 is 0 Å². The Kier molecular flexibility index (Phi) is 8.54. The quantitative estimate of drug-likeness (QED) is 0.303. The van der Waals surface area contributed by atoms with Crippen molar-refractivity contribution in [3.05, 3.63) is 107 Å². The van der Waals surface area contributed by atoms with Crippen LogP contribution in [0.2, 0.25) is 0 Å². The molecule has 0 saturated carbocycles. The number of nitrogens with zero attached hydrogens (tertiary/aromatic N) is 3. The summed E-state index contributed by atoms with van der Waals surface area (Å²) in [5, 5.41) is 4.18. The molecule has 5 aromatic rings. The molecule has 2 amide bonds. The van der Waals surface area contributed by atoms with Crippen LogP contribution in [-0.4, -0.2) is 65.0 Å². The normalized spacial score (nSPS) is 14.4. The number of hydrogen-bond donors (Lipinski definition) is 2. The van der Waals surface area contributed by atoms with Gasteiger partial charge in [-0.15, -0.1) is 0 Å². The number of carbonyl (C=O) groups excluding carboxylic acids is 2. The number of ether oxygens (including phenoxy) is 2. The van der Waals surface area contributed by atoms with Crippen LogP contribution in [0, 0.1) is 6.92 Å². The fraction of sp³-hybridized carbons (Fsp3) is 0.257. The standard InChI is InChI=1S/C35H35N5O4/c1-23-37-21-28(34(38-23)25-9-4-3-5-10-25)35(42)40-17-8-18-44-32-20-24(13-14-31(32)43-2)19-30-27(15-16-36-33(41)22-40)26-11-6-7-12-29(26)39-30/h3-7,9-14,20-21,39H,8,15-19,22H2,1-2H3,(H,36,41). The predicted molar refractivity (Wildman–Crippen MR) is 169 cm³/mol. The molecule has 0 atom stereocenters. The number of fused-ring (bicyclic) bond motifs is 5. The summed E-state index contributed by atoms with van der Waals surface area (Å²) in [5.74, 6) is 1.31. The van der Waals surface area contributed by atoms with Crippen LogP contribution in [0.15, 0.2) is 79.0 Å². The highest BCUT2D eigenvalue weighted by molar-refractivity contribution is 6.01. The number of nitrogens with one attached hydrogen (secondary N) is 2. The Balaban J connectivity index is 1.31. The Morgan fingerprint density at radius 2 is 1.86 bits per heavy atom. The fourth-order valence-electron chi connectivity index (χ4n) is 5.70. The van der Waals surface area contributed by atoms with Gasteiger partial charge in [0.15, 0.2) is 11.5 Å². The number of benzene rings is 3. The number of para-hydroxylation sites is 1. The lowest BCUT2D eigenvalue weighted by molar-refractivity contribution is -0.121. The molecule has 6 rings (SSSR count). The van der Waals surface area contributed by atoms with Gasteiger partial charge in [-0.1, -0.05) is 54.6 Å². The predicted octanol–water partition coefficient (Wildman–Crippen LogP) is 5.12. The van der Waals surface area contributed by atoms with Crippen molar-refractivity contribution in [2.24, 2.45) is 0 Å². The highest BCUT2D eigenvalue weighted by atomic mass is 16.5. The molecule has 0 unspecified atom stereocenters. The van der Waals surface area contributed by atoms with Gasteiger partial charge in [0.05, 0.1) is 31.5 Å². The summed E-state index contributed by atoms with van der Waals surface area (Å²) in [6, 6.07) is 23.7. The number of rotatable bonds is 3. The number of aryl methyl sites for hydroxylation is 1. The Bertz CT molecular complexity index is 1800. The van der Waals surface area contributed by atoms with Gasteiger partial charge in [0.1, 0.15) is 5.82 Å². The molecule has 2 bridgehead atoms. The summed E-state index contributed by atoms with van der Waals surface area (Å²) in [6.07, 6.45) is 3.38. The minimum atomic E-state index is -0.307. The summed E-state index contributed by atoms with van der Waals surface area (Å²) < 4.78 is 11.8. The van der Waals surface area contributed by atoms with Crippen molar-refractivity contribution in [1.82, 2.24) is 25.2 Å². The van der Waals surface area contributed by atoms with Gasteiger partial charge in [-0.25, -0.2) is 9.97 Å². The van der Waals surface area contributed by atoms with Crippen LogP contribution in [0.5, 0.6) is 11.5 Å². The molecule has 9 heteroatoms. The maximum Gasteiger partial charge on any atom is 0.258 e. The van der Waals surface area contributed by atoms with Crippen molar-refractivity contribution in [2.45, 2.75) is 26.2 Å². The Hall–Kier alpha value is -5.18. The molecule has 0 radical (unpaired) electrons. The Morgan fingerprint density at radius 3 is 2.70 bits per heavy atom. The molecule has 3 heterocycles. The number of hydrogen-bond acceptors (Lipinski definition) is 6. The lowest BCUT2D eigenvalue weighted by atomic mass is 10.0. The first-order valence-corrected chi connectivity index (χ1v) is 14.8. The van der Waals surface area contributed by atoms with E-state index in [9.17, 15) is 9.59 Å². The van der Waals surface area contributed by atoms with E-state index in [1.165, 1.54) is 0 Å². The monoisotopic (exact) mass is 589 g/mol. The zero-order chi connectivity index (χ0) is 30.5. The minimum Gasteiger partial charge on any atom is -0.493 e. The fourth-order valence-corrected chi connectivity index (χ4v) is 5.70. The van der Waals surface area contributed by atoms with Crippen LogP contribution in [0.4, 0.5) is 0 Å². The van der Waals surface area contributed by atoms with Gasteiger partial charge >= 0.3 is 0 Å². The molecule has 9 nitrogen and oxygen atoms in total. The summed E-state index contributed by atoms with van der Waals surface area (Å²) in [4.78, 5) is 41.3. The van der Waals surface area contributed by atoms with E-state index in [0.717, 1.165) is 33.3 Å². The minimum absolute atomic E-state index is 0.0967. The van der Waals surface area contributed by atoms with Crippen molar-refractivity contribution < 1.29 is 19.1 Å². The van der Waals surface area contributed by atoms with E-state index in [0.29, 0.717) is 67.5 Å². The number of methoxy groups -OCH3 is 1. The van der Waals surface area contributed by atoms with Gasteiger partial charge in [0.25, 0.3) is 5.91 Å². The number of aromatic nitrogens is 3. The van der Waals surface area contributed by atoms with Gasteiger partial charge in [0, 0.05) is 47.9 Å². The number of amides is 2. The van der Waals surface area contributed by atoms with Gasteiger partial charge in [-0.05, 0) is 49.1 Å². The highest BCUT2D eigenvalue weighted by Gasteiger charge is 2.24. The van der Waals surface area contributed by atoms with Gasteiger partial charge in [0.2, 0.25) is 5.91 Å². The third kappa shape index (κ3) is 6.27. The molecule has 2 N–H and O–H groups in total. The summed E-state index contributed by atoms with van der Waals surface area (Å²) in [6.45, 7) is 2.78. The Labute approximate surface area is 256 Å². The van der Waals surface area contributed by atoms with E-state index in [1.807, 2.05) is 60.7 Å². The summed E-state index contributed by atoms with van der Waals surface area (Å²) >= 11 is 0. The molecule has 1 aliphatic rings. The topological polar surface area (TPSA) is 109 Å². The van der Waals surface area contributed by atoms with E-state index in [-0.39, 0.29) is 18.4 Å². The molecule has 0 spiro atoms. The summed E-state index contributed by atoms with van der Waals surface area (Å²) in [5.41, 5.74) is 6.08. The van der Waals surface area contributed by atoms with Crippen LogP contribution in [-0.2, 0) is 17.6 Å². The average Bonchev–Trinajstić information content (AvgIpc) is 3.38. The summed E-state index contributed by atoms with van der Waals surface area (Å²) in [7, 11) is 1.62. The van der Waals surface area contributed by atoms with E-state index in [1.54, 1.807) is 25.1 Å². The maximum atomic E-state index is 14.0. The zero-order valence-corrected chi connectivity index (χ0v) is 24.9. The lowest BCUT2D eigenvalue weighted by Crippen LogP contribution is -2.42. The Morgan fingerprint density at radius 1 is 1.05 bits per heavy atom. The smallest absolute Gasteiger partial charge is 0.258 e. The molecule has 0 fully saturated rings. The molecule has 224 valence electrons. The van der Waals surface area contributed by atoms with Crippen molar-refractivity contribution in [3.63, 3.8) is 0 Å². The second kappa shape index (κ2) is 13.0. The first kappa shape index (κ1) is 28.9. The number of H-pyrrole nitrogens is 1. The van der Waals surface area contributed by atoms with E-state index in [2.05, 4.69) is 32.4 Å².